The summed E-state index contributed by atoms with van der Waals surface area (Å²) >= 11 is 1.68. The van der Waals surface area contributed by atoms with Gasteiger partial charge in [0.25, 0.3) is 0 Å². The van der Waals surface area contributed by atoms with Gasteiger partial charge in [-0.2, -0.15) is 26.3 Å². The second-order valence-electron chi connectivity index (χ2n) is 4.14. The maximum atomic E-state index is 12.7. The van der Waals surface area contributed by atoms with Crippen molar-refractivity contribution in [2.45, 2.75) is 12.4 Å². The summed E-state index contributed by atoms with van der Waals surface area (Å²) in [5, 5.41) is 0. The van der Waals surface area contributed by atoms with Crippen molar-refractivity contribution in [1.29, 1.82) is 0 Å². The lowest BCUT2D eigenvalue weighted by Crippen LogP contribution is -2.07. The van der Waals surface area contributed by atoms with E-state index in [1.54, 1.807) is 22.6 Å². The van der Waals surface area contributed by atoms with Crippen molar-refractivity contribution >= 4 is 22.6 Å². The van der Waals surface area contributed by atoms with Crippen LogP contribution in [-0.4, -0.2) is 4.98 Å². The maximum Gasteiger partial charge on any atom is 0.417 e. The van der Waals surface area contributed by atoms with Gasteiger partial charge in [-0.05, 0) is 46.4 Å². The zero-order valence-electron chi connectivity index (χ0n) is 10.1. The van der Waals surface area contributed by atoms with E-state index in [1.807, 2.05) is 0 Å². The standard InChI is InChI=1S/C13H6F6IN/c14-12(15,16)8-3-1-2-7(4-8)10-5-9(13(17,18)19)6-21-11(10)20/h1-6H. The molecule has 0 unspecified atom stereocenters. The Bertz CT molecular complexity index is 662. The number of alkyl halides is 6. The van der Waals surface area contributed by atoms with Gasteiger partial charge in [0, 0.05) is 11.8 Å². The average molecular weight is 417 g/mol. The molecule has 2 rings (SSSR count). The highest BCUT2D eigenvalue weighted by Gasteiger charge is 2.33. The van der Waals surface area contributed by atoms with Crippen LogP contribution in [0.15, 0.2) is 36.5 Å². The van der Waals surface area contributed by atoms with Gasteiger partial charge in [0.05, 0.1) is 11.1 Å². The number of aromatic nitrogens is 1. The number of pyridine rings is 1. The number of hydrogen-bond acceptors (Lipinski definition) is 1. The van der Waals surface area contributed by atoms with Crippen molar-refractivity contribution in [1.82, 2.24) is 4.98 Å². The van der Waals surface area contributed by atoms with E-state index in [9.17, 15) is 26.3 Å². The highest BCUT2D eigenvalue weighted by atomic mass is 127. The number of halogens is 7. The molecule has 112 valence electrons. The molecule has 0 fully saturated rings. The fourth-order valence-electron chi connectivity index (χ4n) is 1.67. The second kappa shape index (κ2) is 5.47. The smallest absolute Gasteiger partial charge is 0.249 e. The quantitative estimate of drug-likeness (QED) is 0.345. The predicted molar refractivity (Wildman–Crippen MR) is 72.4 cm³/mol. The van der Waals surface area contributed by atoms with Crippen LogP contribution in [0, 0.1) is 3.70 Å². The Morgan fingerprint density at radius 2 is 1.48 bits per heavy atom. The summed E-state index contributed by atoms with van der Waals surface area (Å²) < 4.78 is 76.1. The van der Waals surface area contributed by atoms with Crippen molar-refractivity contribution in [3.63, 3.8) is 0 Å². The molecular weight excluding hydrogens is 411 g/mol. The molecule has 1 heterocycles. The molecule has 0 spiro atoms. The van der Waals surface area contributed by atoms with Crippen LogP contribution < -0.4 is 0 Å². The highest BCUT2D eigenvalue weighted by molar-refractivity contribution is 14.1. The molecule has 1 aromatic carbocycles. The first-order chi connectivity index (χ1) is 9.59. The Kier molecular flexibility index (Phi) is 4.18. The van der Waals surface area contributed by atoms with Gasteiger partial charge in [-0.3, -0.25) is 0 Å². The molecular formula is C13H6F6IN. The molecule has 1 nitrogen and oxygen atoms in total. The monoisotopic (exact) mass is 417 g/mol. The lowest BCUT2D eigenvalue weighted by atomic mass is 10.0. The summed E-state index contributed by atoms with van der Waals surface area (Å²) in [6.45, 7) is 0. The molecule has 0 atom stereocenters. The Hall–Kier alpha value is -1.32. The van der Waals surface area contributed by atoms with E-state index in [4.69, 9.17) is 0 Å². The van der Waals surface area contributed by atoms with E-state index in [1.165, 1.54) is 6.07 Å². The third-order valence-electron chi connectivity index (χ3n) is 2.67. The van der Waals surface area contributed by atoms with Gasteiger partial charge in [0.1, 0.15) is 3.70 Å². The topological polar surface area (TPSA) is 12.9 Å². The molecule has 0 amide bonds. The van der Waals surface area contributed by atoms with Crippen LogP contribution in [0.5, 0.6) is 0 Å². The molecule has 0 saturated heterocycles. The molecule has 0 bridgehead atoms. The van der Waals surface area contributed by atoms with Crippen molar-refractivity contribution in [3.05, 3.63) is 51.4 Å². The lowest BCUT2D eigenvalue weighted by Gasteiger charge is -2.12. The van der Waals surface area contributed by atoms with Gasteiger partial charge in [-0.15, -0.1) is 0 Å². The second-order valence-corrected chi connectivity index (χ2v) is 5.16. The Balaban J connectivity index is 2.57. The molecule has 0 N–H and O–H groups in total. The predicted octanol–water partition coefficient (Wildman–Crippen LogP) is 5.39. The molecule has 0 aliphatic rings. The van der Waals surface area contributed by atoms with Gasteiger partial charge in [-0.1, -0.05) is 12.1 Å². The molecule has 0 aliphatic carbocycles. The lowest BCUT2D eigenvalue weighted by molar-refractivity contribution is -0.138. The molecule has 0 saturated carbocycles. The van der Waals surface area contributed by atoms with Crippen molar-refractivity contribution < 1.29 is 26.3 Å². The molecule has 2 aromatic rings. The minimum atomic E-state index is -4.60. The summed E-state index contributed by atoms with van der Waals surface area (Å²) in [7, 11) is 0. The van der Waals surface area contributed by atoms with Crippen LogP contribution in [0.4, 0.5) is 26.3 Å². The van der Waals surface area contributed by atoms with Crippen LogP contribution in [0.25, 0.3) is 11.1 Å². The molecule has 21 heavy (non-hydrogen) atoms. The van der Waals surface area contributed by atoms with Crippen LogP contribution in [-0.2, 0) is 12.4 Å². The number of hydrogen-bond donors (Lipinski definition) is 0. The third kappa shape index (κ3) is 3.66. The number of benzene rings is 1. The molecule has 1 aromatic heterocycles. The first-order valence-electron chi connectivity index (χ1n) is 5.49. The normalized spacial score (nSPS) is 12.5. The first-order valence-corrected chi connectivity index (χ1v) is 6.57. The van der Waals surface area contributed by atoms with E-state index >= 15 is 0 Å². The third-order valence-corrected chi connectivity index (χ3v) is 3.53. The van der Waals surface area contributed by atoms with Crippen molar-refractivity contribution in [3.8, 4) is 11.1 Å². The summed E-state index contributed by atoms with van der Waals surface area (Å²) in [5.74, 6) is 0. The van der Waals surface area contributed by atoms with Crippen LogP contribution >= 0.6 is 22.6 Å². The fraction of sp³-hybridized carbons (Fsp3) is 0.154. The van der Waals surface area contributed by atoms with Gasteiger partial charge in [0.2, 0.25) is 0 Å². The first kappa shape index (κ1) is 16.1. The SMILES string of the molecule is FC(F)(F)c1cccc(-c2cc(C(F)(F)F)cnc2I)c1. The molecule has 0 aliphatic heterocycles. The summed E-state index contributed by atoms with van der Waals surface area (Å²) in [6, 6.07) is 4.92. The summed E-state index contributed by atoms with van der Waals surface area (Å²) in [4.78, 5) is 3.60. The zero-order valence-corrected chi connectivity index (χ0v) is 12.2. The van der Waals surface area contributed by atoms with E-state index in [-0.39, 0.29) is 14.8 Å². The average Bonchev–Trinajstić information content (AvgIpc) is 2.37. The Morgan fingerprint density at radius 3 is 2.05 bits per heavy atom. The van der Waals surface area contributed by atoms with Crippen LogP contribution in [0.1, 0.15) is 11.1 Å². The fourth-order valence-corrected chi connectivity index (χ4v) is 2.27. The minimum Gasteiger partial charge on any atom is -0.249 e. The van der Waals surface area contributed by atoms with Gasteiger partial charge < -0.3 is 0 Å². The molecule has 8 heteroatoms. The summed E-state index contributed by atoms with van der Waals surface area (Å²) in [6.07, 6.45) is -8.51. The molecule has 0 radical (unpaired) electrons. The van der Waals surface area contributed by atoms with Crippen molar-refractivity contribution in [2.75, 3.05) is 0 Å². The van der Waals surface area contributed by atoms with Gasteiger partial charge >= 0.3 is 12.4 Å². The summed E-state index contributed by atoms with van der Waals surface area (Å²) in [5.41, 5.74) is -1.88. The van der Waals surface area contributed by atoms with Crippen LogP contribution in [0.2, 0.25) is 0 Å². The zero-order chi connectivity index (χ0) is 15.8. The van der Waals surface area contributed by atoms with Crippen LogP contribution in [0.3, 0.4) is 0 Å². The van der Waals surface area contributed by atoms with Gasteiger partial charge in [0.15, 0.2) is 0 Å². The van der Waals surface area contributed by atoms with E-state index in [0.717, 1.165) is 24.3 Å². The van der Waals surface area contributed by atoms with E-state index in [2.05, 4.69) is 4.98 Å². The highest BCUT2D eigenvalue weighted by Crippen LogP contribution is 2.36. The van der Waals surface area contributed by atoms with Gasteiger partial charge in [-0.25, -0.2) is 4.98 Å². The van der Waals surface area contributed by atoms with E-state index < -0.39 is 23.5 Å². The van der Waals surface area contributed by atoms with E-state index in [0.29, 0.717) is 6.20 Å². The Morgan fingerprint density at radius 1 is 0.857 bits per heavy atom. The maximum absolute atomic E-state index is 12.7. The number of rotatable bonds is 1. The Labute approximate surface area is 129 Å². The number of nitrogens with zero attached hydrogens (tertiary/aromatic N) is 1. The minimum absolute atomic E-state index is 0.0107. The van der Waals surface area contributed by atoms with Crippen molar-refractivity contribution in [2.24, 2.45) is 0 Å². The largest absolute Gasteiger partial charge is 0.417 e.